The number of carbonyl (C=O) groups is 1. The maximum Gasteiger partial charge on any atom is 0.256 e. The molecule has 0 saturated carbocycles. The minimum Gasteiger partial charge on any atom is -0.383 e. The van der Waals surface area contributed by atoms with Crippen LogP contribution in [0.2, 0.25) is 0 Å². The third-order valence-electron chi connectivity index (χ3n) is 5.42. The first-order valence-electron chi connectivity index (χ1n) is 10.3. The average Bonchev–Trinajstić information content (AvgIpc) is 3.34. The Bertz CT molecular complexity index is 1050. The highest BCUT2D eigenvalue weighted by atomic mass is 32.1. The van der Waals surface area contributed by atoms with Gasteiger partial charge in [0.1, 0.15) is 5.84 Å². The van der Waals surface area contributed by atoms with Gasteiger partial charge in [0.15, 0.2) is 0 Å². The van der Waals surface area contributed by atoms with Gasteiger partial charge in [0, 0.05) is 51.6 Å². The Labute approximate surface area is 187 Å². The zero-order valence-electron chi connectivity index (χ0n) is 17.9. The molecule has 1 fully saturated rings. The SMILES string of the molecule is CN(C)c1ccccc1C(=O)N1CCN(c2ccc(N=C(N)c3cccs3)cc2)CC1. The number of benzene rings is 2. The molecule has 3 aromatic rings. The van der Waals surface area contributed by atoms with Gasteiger partial charge in [-0.3, -0.25) is 4.79 Å². The largest absolute Gasteiger partial charge is 0.383 e. The lowest BCUT2D eigenvalue weighted by Crippen LogP contribution is -2.49. The summed E-state index contributed by atoms with van der Waals surface area (Å²) in [6, 6.07) is 19.8. The van der Waals surface area contributed by atoms with Crippen LogP contribution in [-0.2, 0) is 0 Å². The number of piperazine rings is 1. The predicted octanol–water partition coefficient (Wildman–Crippen LogP) is 3.81. The van der Waals surface area contributed by atoms with E-state index in [0.29, 0.717) is 18.9 Å². The van der Waals surface area contributed by atoms with E-state index in [1.165, 1.54) is 0 Å². The van der Waals surface area contributed by atoms with E-state index in [4.69, 9.17) is 5.73 Å². The first-order chi connectivity index (χ1) is 15.0. The van der Waals surface area contributed by atoms with Gasteiger partial charge in [-0.15, -0.1) is 11.3 Å². The van der Waals surface area contributed by atoms with E-state index in [2.05, 4.69) is 22.0 Å². The first-order valence-corrected chi connectivity index (χ1v) is 11.2. The van der Waals surface area contributed by atoms with Gasteiger partial charge in [0.05, 0.1) is 16.1 Å². The maximum absolute atomic E-state index is 13.1. The van der Waals surface area contributed by atoms with Crippen LogP contribution < -0.4 is 15.5 Å². The van der Waals surface area contributed by atoms with Crippen LogP contribution in [0.3, 0.4) is 0 Å². The fourth-order valence-corrected chi connectivity index (χ4v) is 4.37. The summed E-state index contributed by atoms with van der Waals surface area (Å²) in [5, 5.41) is 1.99. The third kappa shape index (κ3) is 4.72. The van der Waals surface area contributed by atoms with Gasteiger partial charge < -0.3 is 20.4 Å². The van der Waals surface area contributed by atoms with Crippen molar-refractivity contribution in [2.45, 2.75) is 0 Å². The topological polar surface area (TPSA) is 65.2 Å². The normalized spacial score (nSPS) is 14.6. The van der Waals surface area contributed by atoms with Crippen LogP contribution in [0.5, 0.6) is 0 Å². The number of carbonyl (C=O) groups excluding carboxylic acids is 1. The van der Waals surface area contributed by atoms with Crippen LogP contribution in [0, 0.1) is 0 Å². The molecule has 0 radical (unpaired) electrons. The van der Waals surface area contributed by atoms with Gasteiger partial charge in [-0.25, -0.2) is 4.99 Å². The number of hydrogen-bond donors (Lipinski definition) is 1. The van der Waals surface area contributed by atoms with E-state index in [9.17, 15) is 4.79 Å². The molecule has 2 heterocycles. The van der Waals surface area contributed by atoms with E-state index < -0.39 is 0 Å². The van der Waals surface area contributed by atoms with Crippen LogP contribution in [0.4, 0.5) is 17.1 Å². The van der Waals surface area contributed by atoms with Crippen molar-refractivity contribution >= 4 is 40.1 Å². The molecule has 0 aliphatic carbocycles. The number of hydrogen-bond acceptors (Lipinski definition) is 5. The van der Waals surface area contributed by atoms with E-state index >= 15 is 0 Å². The molecular formula is C24H27N5OS. The van der Waals surface area contributed by atoms with Crippen LogP contribution in [0.1, 0.15) is 15.2 Å². The predicted molar refractivity (Wildman–Crippen MR) is 130 cm³/mol. The van der Waals surface area contributed by atoms with Gasteiger partial charge in [-0.05, 0) is 47.8 Å². The fraction of sp³-hybridized carbons (Fsp3) is 0.250. The number of amides is 1. The van der Waals surface area contributed by atoms with Gasteiger partial charge in [-0.1, -0.05) is 18.2 Å². The number of nitrogens with zero attached hydrogens (tertiary/aromatic N) is 4. The highest BCUT2D eigenvalue weighted by Crippen LogP contribution is 2.24. The quantitative estimate of drug-likeness (QED) is 0.491. The van der Waals surface area contributed by atoms with Gasteiger partial charge in [0.2, 0.25) is 0 Å². The number of nitrogens with two attached hydrogens (primary N) is 1. The molecule has 160 valence electrons. The molecule has 0 bridgehead atoms. The minimum atomic E-state index is 0.0951. The zero-order chi connectivity index (χ0) is 21.8. The Morgan fingerprint density at radius 3 is 2.32 bits per heavy atom. The average molecular weight is 434 g/mol. The summed E-state index contributed by atoms with van der Waals surface area (Å²) in [4.78, 5) is 24.8. The van der Waals surface area contributed by atoms with Crippen molar-refractivity contribution in [1.29, 1.82) is 0 Å². The highest BCUT2D eigenvalue weighted by Gasteiger charge is 2.24. The molecule has 4 rings (SSSR count). The summed E-state index contributed by atoms with van der Waals surface area (Å²) in [5.41, 5.74) is 9.76. The summed E-state index contributed by atoms with van der Waals surface area (Å²) < 4.78 is 0. The lowest BCUT2D eigenvalue weighted by Gasteiger charge is -2.36. The smallest absolute Gasteiger partial charge is 0.256 e. The number of aliphatic imine (C=N–C) groups is 1. The zero-order valence-corrected chi connectivity index (χ0v) is 18.7. The number of anilines is 2. The number of rotatable bonds is 5. The van der Waals surface area contributed by atoms with Crippen molar-refractivity contribution in [2.75, 3.05) is 50.1 Å². The maximum atomic E-state index is 13.1. The van der Waals surface area contributed by atoms with Gasteiger partial charge in [-0.2, -0.15) is 0 Å². The van der Waals surface area contributed by atoms with Crippen molar-refractivity contribution in [2.24, 2.45) is 10.7 Å². The standard InChI is InChI=1S/C24H27N5OS/c1-27(2)21-7-4-3-6-20(21)24(30)29-15-13-28(14-16-29)19-11-9-18(10-12-19)26-23(25)22-8-5-17-31-22/h3-12,17H,13-16H2,1-2H3,(H2,25,26). The summed E-state index contributed by atoms with van der Waals surface area (Å²) in [7, 11) is 3.93. The van der Waals surface area contributed by atoms with Crippen molar-refractivity contribution in [3.63, 3.8) is 0 Å². The second-order valence-electron chi connectivity index (χ2n) is 7.68. The molecule has 1 aliphatic heterocycles. The van der Waals surface area contributed by atoms with Crippen molar-refractivity contribution in [3.8, 4) is 0 Å². The second kappa shape index (κ2) is 9.22. The van der Waals surface area contributed by atoms with Crippen molar-refractivity contribution in [3.05, 3.63) is 76.5 Å². The molecule has 0 unspecified atom stereocenters. The summed E-state index contributed by atoms with van der Waals surface area (Å²) in [6.07, 6.45) is 0. The van der Waals surface area contributed by atoms with Gasteiger partial charge >= 0.3 is 0 Å². The summed E-state index contributed by atoms with van der Waals surface area (Å²) in [5.74, 6) is 0.630. The Hall–Kier alpha value is -3.32. The molecule has 1 aromatic heterocycles. The van der Waals surface area contributed by atoms with Gasteiger partial charge in [0.25, 0.3) is 5.91 Å². The Morgan fingerprint density at radius 2 is 1.68 bits per heavy atom. The summed E-state index contributed by atoms with van der Waals surface area (Å²) >= 11 is 1.58. The molecule has 0 spiro atoms. The fourth-order valence-electron chi connectivity index (χ4n) is 3.74. The van der Waals surface area contributed by atoms with Crippen LogP contribution in [-0.4, -0.2) is 56.9 Å². The van der Waals surface area contributed by atoms with Crippen LogP contribution >= 0.6 is 11.3 Å². The lowest BCUT2D eigenvalue weighted by atomic mass is 10.1. The number of thiophene rings is 1. The Kier molecular flexibility index (Phi) is 6.23. The Morgan fingerprint density at radius 1 is 0.968 bits per heavy atom. The van der Waals surface area contributed by atoms with E-state index in [0.717, 1.165) is 40.6 Å². The van der Waals surface area contributed by atoms with E-state index in [-0.39, 0.29) is 5.91 Å². The third-order valence-corrected chi connectivity index (χ3v) is 6.31. The molecule has 1 saturated heterocycles. The number of amidine groups is 1. The molecule has 0 atom stereocenters. The number of para-hydroxylation sites is 1. The molecule has 1 aliphatic rings. The molecule has 1 amide bonds. The molecule has 2 aromatic carbocycles. The van der Waals surface area contributed by atoms with E-state index in [1.807, 2.05) is 77.8 Å². The Balaban J connectivity index is 1.39. The monoisotopic (exact) mass is 433 g/mol. The first kappa shape index (κ1) is 20.9. The van der Waals surface area contributed by atoms with Crippen LogP contribution in [0.15, 0.2) is 71.0 Å². The molecule has 7 heteroatoms. The van der Waals surface area contributed by atoms with E-state index in [1.54, 1.807) is 11.3 Å². The lowest BCUT2D eigenvalue weighted by molar-refractivity contribution is 0.0747. The second-order valence-corrected chi connectivity index (χ2v) is 8.63. The van der Waals surface area contributed by atoms with Crippen LogP contribution in [0.25, 0.3) is 0 Å². The molecule has 2 N–H and O–H groups in total. The molecular weight excluding hydrogens is 406 g/mol. The van der Waals surface area contributed by atoms with Crippen molar-refractivity contribution in [1.82, 2.24) is 4.90 Å². The van der Waals surface area contributed by atoms with Crippen molar-refractivity contribution < 1.29 is 4.79 Å². The minimum absolute atomic E-state index is 0.0951. The molecule has 31 heavy (non-hydrogen) atoms. The highest BCUT2D eigenvalue weighted by molar-refractivity contribution is 7.12. The summed E-state index contributed by atoms with van der Waals surface area (Å²) in [6.45, 7) is 3.00. The molecule has 6 nitrogen and oxygen atoms in total.